The molecule has 1 aliphatic heterocycles. The van der Waals surface area contributed by atoms with E-state index in [1.807, 2.05) is 51.1 Å². The Morgan fingerprint density at radius 3 is 2.19 bits per heavy atom. The largest absolute Gasteiger partial charge is 0.465 e. The lowest BCUT2D eigenvalue weighted by molar-refractivity contribution is -0.135. The summed E-state index contributed by atoms with van der Waals surface area (Å²) in [6.45, 7) is 6.34. The number of carboxylic acid groups (broad SMARTS) is 1. The van der Waals surface area contributed by atoms with Crippen molar-refractivity contribution in [2.45, 2.75) is 33.4 Å². The number of anilines is 1. The Labute approximate surface area is 182 Å². The highest BCUT2D eigenvalue weighted by atomic mass is 16.5. The average molecular weight is 424 g/mol. The highest BCUT2D eigenvalue weighted by Crippen LogP contribution is 2.40. The Kier molecular flexibility index (Phi) is 6.34. The van der Waals surface area contributed by atoms with Crippen LogP contribution in [0, 0.1) is 11.3 Å². The molecule has 2 aromatic rings. The summed E-state index contributed by atoms with van der Waals surface area (Å²) >= 11 is 0. The van der Waals surface area contributed by atoms with Crippen molar-refractivity contribution in [3.8, 4) is 0 Å². The van der Waals surface area contributed by atoms with E-state index < -0.39 is 24.0 Å². The molecule has 2 aromatic carbocycles. The van der Waals surface area contributed by atoms with Crippen LogP contribution in [0.3, 0.4) is 0 Å². The van der Waals surface area contributed by atoms with Gasteiger partial charge in [-0.15, -0.1) is 0 Å². The Balaban J connectivity index is 1.89. The van der Waals surface area contributed by atoms with Gasteiger partial charge in [0.05, 0.1) is 31.2 Å². The predicted molar refractivity (Wildman–Crippen MR) is 117 cm³/mol. The number of likely N-dealkylation sites (tertiary alicyclic amines) is 1. The van der Waals surface area contributed by atoms with Crippen LogP contribution >= 0.6 is 0 Å². The molecule has 7 nitrogen and oxygen atoms in total. The first-order valence-corrected chi connectivity index (χ1v) is 10.2. The number of hydrogen-bond acceptors (Lipinski definition) is 4. The molecule has 7 heteroatoms. The number of hydrogen-bond donors (Lipinski definition) is 1. The number of para-hydroxylation sites is 1. The number of carbonyl (C=O) groups excluding carboxylic acids is 2. The molecule has 31 heavy (non-hydrogen) atoms. The zero-order valence-electron chi connectivity index (χ0n) is 18.2. The summed E-state index contributed by atoms with van der Waals surface area (Å²) in [5.74, 6) is -0.954. The van der Waals surface area contributed by atoms with Crippen molar-refractivity contribution in [1.29, 1.82) is 0 Å². The maximum atomic E-state index is 13.6. The van der Waals surface area contributed by atoms with Gasteiger partial charge in [-0.2, -0.15) is 0 Å². The molecule has 1 fully saturated rings. The molecule has 2 atom stereocenters. The minimum atomic E-state index is -1.01. The van der Waals surface area contributed by atoms with Crippen molar-refractivity contribution in [2.24, 2.45) is 11.3 Å². The molecule has 0 spiro atoms. The van der Waals surface area contributed by atoms with Crippen molar-refractivity contribution in [3.05, 3.63) is 65.7 Å². The van der Waals surface area contributed by atoms with Crippen LogP contribution < -0.4 is 4.90 Å². The smallest absolute Gasteiger partial charge is 0.407 e. The van der Waals surface area contributed by atoms with E-state index >= 15 is 0 Å². The van der Waals surface area contributed by atoms with Gasteiger partial charge >= 0.3 is 12.1 Å². The van der Waals surface area contributed by atoms with E-state index in [2.05, 4.69) is 0 Å². The molecule has 0 aliphatic carbocycles. The van der Waals surface area contributed by atoms with E-state index in [1.165, 1.54) is 12.0 Å². The number of esters is 1. The molecular weight excluding hydrogens is 396 g/mol. The maximum absolute atomic E-state index is 13.6. The van der Waals surface area contributed by atoms with E-state index in [0.29, 0.717) is 12.1 Å². The highest BCUT2D eigenvalue weighted by molar-refractivity contribution is 5.97. The van der Waals surface area contributed by atoms with Gasteiger partial charge < -0.3 is 19.6 Å². The summed E-state index contributed by atoms with van der Waals surface area (Å²) in [5.41, 5.74) is 1.66. The molecule has 0 saturated carbocycles. The van der Waals surface area contributed by atoms with Crippen LogP contribution in [0.4, 0.5) is 10.5 Å². The fourth-order valence-electron chi connectivity index (χ4n) is 4.14. The SMILES string of the molecule is COC(=O)c1ccc(CN(C(=O)C2CN(C(=O)O)C2C(C)(C)C)c2ccccc2)cc1. The molecule has 0 aromatic heterocycles. The quantitative estimate of drug-likeness (QED) is 0.732. The molecule has 164 valence electrons. The summed E-state index contributed by atoms with van der Waals surface area (Å²) in [4.78, 5) is 39.9. The van der Waals surface area contributed by atoms with E-state index in [-0.39, 0.29) is 17.9 Å². The molecule has 0 bridgehead atoms. The van der Waals surface area contributed by atoms with E-state index in [4.69, 9.17) is 4.74 Å². The lowest BCUT2D eigenvalue weighted by atomic mass is 9.71. The molecule has 1 heterocycles. The van der Waals surface area contributed by atoms with Gasteiger partial charge in [0.1, 0.15) is 0 Å². The van der Waals surface area contributed by atoms with Crippen molar-refractivity contribution in [2.75, 3.05) is 18.6 Å². The Bertz CT molecular complexity index is 950. The summed E-state index contributed by atoms with van der Waals surface area (Å²) in [6.07, 6.45) is -1.01. The first-order chi connectivity index (χ1) is 14.6. The van der Waals surface area contributed by atoms with Gasteiger partial charge in [0.15, 0.2) is 0 Å². The van der Waals surface area contributed by atoms with Crippen molar-refractivity contribution in [1.82, 2.24) is 4.90 Å². The first-order valence-electron chi connectivity index (χ1n) is 10.2. The van der Waals surface area contributed by atoms with Crippen LogP contribution in [0.5, 0.6) is 0 Å². The van der Waals surface area contributed by atoms with Gasteiger partial charge in [-0.25, -0.2) is 9.59 Å². The van der Waals surface area contributed by atoms with Gasteiger partial charge in [-0.05, 0) is 35.2 Å². The summed E-state index contributed by atoms with van der Waals surface area (Å²) < 4.78 is 4.74. The van der Waals surface area contributed by atoms with Crippen LogP contribution in [-0.4, -0.2) is 47.7 Å². The molecule has 2 amide bonds. The summed E-state index contributed by atoms with van der Waals surface area (Å²) in [5, 5.41) is 9.51. The molecule has 1 saturated heterocycles. The second kappa shape index (κ2) is 8.79. The summed E-state index contributed by atoms with van der Waals surface area (Å²) in [6, 6.07) is 15.9. The second-order valence-electron chi connectivity index (χ2n) is 8.80. The number of rotatable bonds is 5. The molecule has 0 radical (unpaired) electrons. The summed E-state index contributed by atoms with van der Waals surface area (Å²) in [7, 11) is 1.33. The minimum Gasteiger partial charge on any atom is -0.465 e. The number of benzene rings is 2. The normalized spacial score (nSPS) is 18.1. The number of nitrogens with zero attached hydrogens (tertiary/aromatic N) is 2. The number of amides is 2. The third-order valence-electron chi connectivity index (χ3n) is 5.61. The van der Waals surface area contributed by atoms with E-state index in [9.17, 15) is 19.5 Å². The maximum Gasteiger partial charge on any atom is 0.407 e. The fraction of sp³-hybridized carbons (Fsp3) is 0.375. The first kappa shape index (κ1) is 22.3. The third kappa shape index (κ3) is 4.71. The molecule has 1 aliphatic rings. The van der Waals surface area contributed by atoms with Crippen LogP contribution in [-0.2, 0) is 16.1 Å². The van der Waals surface area contributed by atoms with Crippen LogP contribution in [0.1, 0.15) is 36.7 Å². The molecule has 1 N–H and O–H groups in total. The topological polar surface area (TPSA) is 87.2 Å². The lowest BCUT2D eigenvalue weighted by Gasteiger charge is -2.52. The zero-order valence-corrected chi connectivity index (χ0v) is 18.2. The third-order valence-corrected chi connectivity index (χ3v) is 5.61. The van der Waals surface area contributed by atoms with Gasteiger partial charge in [0, 0.05) is 12.2 Å². The van der Waals surface area contributed by atoms with Crippen LogP contribution in [0.25, 0.3) is 0 Å². The predicted octanol–water partition coefficient (Wildman–Crippen LogP) is 4.03. The number of methoxy groups -OCH3 is 1. The highest BCUT2D eigenvalue weighted by Gasteiger charge is 2.52. The van der Waals surface area contributed by atoms with Crippen molar-refractivity contribution < 1.29 is 24.2 Å². The van der Waals surface area contributed by atoms with Gasteiger partial charge in [0.25, 0.3) is 0 Å². The van der Waals surface area contributed by atoms with E-state index in [1.54, 1.807) is 29.2 Å². The second-order valence-corrected chi connectivity index (χ2v) is 8.80. The Hall–Kier alpha value is -3.35. The van der Waals surface area contributed by atoms with Gasteiger partial charge in [0.2, 0.25) is 5.91 Å². The Morgan fingerprint density at radius 2 is 1.68 bits per heavy atom. The number of ether oxygens (including phenoxy) is 1. The van der Waals surface area contributed by atoms with Crippen LogP contribution in [0.2, 0.25) is 0 Å². The minimum absolute atomic E-state index is 0.110. The Morgan fingerprint density at radius 1 is 1.06 bits per heavy atom. The fourth-order valence-corrected chi connectivity index (χ4v) is 4.14. The molecule has 3 rings (SSSR count). The average Bonchev–Trinajstić information content (AvgIpc) is 2.70. The van der Waals surface area contributed by atoms with Gasteiger partial charge in [-0.3, -0.25) is 4.79 Å². The van der Waals surface area contributed by atoms with Crippen molar-refractivity contribution in [3.63, 3.8) is 0 Å². The van der Waals surface area contributed by atoms with Crippen molar-refractivity contribution >= 4 is 23.7 Å². The lowest BCUT2D eigenvalue weighted by Crippen LogP contribution is -2.67. The number of carbonyl (C=O) groups is 3. The molecular formula is C24H28N2O5. The zero-order chi connectivity index (χ0) is 22.8. The standard InChI is InChI=1S/C24H28N2O5/c1-24(2,3)20-19(15-26(20)23(29)30)21(27)25(18-8-6-5-7-9-18)14-16-10-12-17(13-11-16)22(28)31-4/h5-13,19-20H,14-15H2,1-4H3,(H,29,30). The molecule has 2 unspecified atom stereocenters. The monoisotopic (exact) mass is 424 g/mol. The van der Waals surface area contributed by atoms with Crippen LogP contribution in [0.15, 0.2) is 54.6 Å². The van der Waals surface area contributed by atoms with E-state index in [0.717, 1.165) is 11.3 Å². The van der Waals surface area contributed by atoms with Gasteiger partial charge in [-0.1, -0.05) is 51.1 Å².